The van der Waals surface area contributed by atoms with Crippen LogP contribution >= 0.6 is 0 Å². The number of fused-ring (bicyclic) bond motifs is 1. The van der Waals surface area contributed by atoms with E-state index in [1.165, 1.54) is 0 Å². The maximum absolute atomic E-state index is 13.1. The predicted molar refractivity (Wildman–Crippen MR) is 107 cm³/mol. The molecular formula is C21H25N5O2. The number of hydrogen-bond donors (Lipinski definition) is 2. The fraction of sp³-hybridized carbons (Fsp3) is 0.381. The zero-order chi connectivity index (χ0) is 19.5. The van der Waals surface area contributed by atoms with Gasteiger partial charge >= 0.3 is 0 Å². The highest BCUT2D eigenvalue weighted by Gasteiger charge is 2.50. The number of nitrogens with one attached hydrogen (secondary N) is 2. The van der Waals surface area contributed by atoms with Crippen LogP contribution in [-0.2, 0) is 9.59 Å². The van der Waals surface area contributed by atoms with Crippen LogP contribution in [0.1, 0.15) is 13.3 Å². The average Bonchev–Trinajstić information content (AvgIpc) is 3.06. The molecule has 3 unspecified atom stereocenters. The highest BCUT2D eigenvalue weighted by molar-refractivity contribution is 5.99. The number of para-hydroxylation sites is 1. The molecule has 0 saturated carbocycles. The van der Waals surface area contributed by atoms with E-state index in [0.29, 0.717) is 18.8 Å². The standard InChI is InChI=1S/C21H25N5O2/c1-2-12-25-13-17(20(27)23-15-8-10-22-11-9-15)19-18(14-25)21(28)26(24-19)16-6-4-3-5-7-16/h3-11,17-19,24H,2,12-14H2,1H3,(H,22,23,27). The van der Waals surface area contributed by atoms with Crippen LogP contribution < -0.4 is 15.8 Å². The van der Waals surface area contributed by atoms with Crippen molar-refractivity contribution in [2.24, 2.45) is 11.8 Å². The number of carbonyl (C=O) groups is 2. The van der Waals surface area contributed by atoms with Gasteiger partial charge in [0.15, 0.2) is 0 Å². The number of piperidine rings is 1. The van der Waals surface area contributed by atoms with Crippen LogP contribution in [0.3, 0.4) is 0 Å². The molecule has 4 rings (SSSR count). The van der Waals surface area contributed by atoms with Crippen molar-refractivity contribution in [1.29, 1.82) is 0 Å². The minimum atomic E-state index is -0.323. The fourth-order valence-electron chi connectivity index (χ4n) is 4.12. The van der Waals surface area contributed by atoms with E-state index in [1.54, 1.807) is 29.5 Å². The predicted octanol–water partition coefficient (Wildman–Crippen LogP) is 1.90. The molecule has 1 aromatic carbocycles. The summed E-state index contributed by atoms with van der Waals surface area (Å²) >= 11 is 0. The minimum absolute atomic E-state index is 0.0266. The molecule has 2 aliphatic rings. The topological polar surface area (TPSA) is 77.6 Å². The monoisotopic (exact) mass is 379 g/mol. The van der Waals surface area contributed by atoms with E-state index in [0.717, 1.165) is 18.7 Å². The number of aromatic nitrogens is 1. The number of rotatable bonds is 5. The van der Waals surface area contributed by atoms with Gasteiger partial charge in [-0.3, -0.25) is 14.6 Å². The summed E-state index contributed by atoms with van der Waals surface area (Å²) in [6.45, 7) is 4.30. The van der Waals surface area contributed by atoms with Gasteiger partial charge in [-0.15, -0.1) is 0 Å². The molecule has 146 valence electrons. The molecule has 0 bridgehead atoms. The van der Waals surface area contributed by atoms with E-state index < -0.39 is 0 Å². The first-order chi connectivity index (χ1) is 13.7. The number of benzene rings is 1. The zero-order valence-electron chi connectivity index (χ0n) is 15.9. The number of likely N-dealkylation sites (tertiary alicyclic amines) is 1. The number of anilines is 2. The summed E-state index contributed by atoms with van der Waals surface area (Å²) in [4.78, 5) is 32.4. The summed E-state index contributed by atoms with van der Waals surface area (Å²) in [5, 5.41) is 4.59. The Morgan fingerprint density at radius 1 is 1.18 bits per heavy atom. The minimum Gasteiger partial charge on any atom is -0.326 e. The SMILES string of the molecule is CCCN1CC(C(=O)Nc2ccncc2)C2NN(c3ccccc3)C(=O)C2C1. The number of hydrazine groups is 1. The molecule has 7 nitrogen and oxygen atoms in total. The van der Waals surface area contributed by atoms with E-state index in [9.17, 15) is 9.59 Å². The quantitative estimate of drug-likeness (QED) is 0.830. The first-order valence-electron chi connectivity index (χ1n) is 9.76. The summed E-state index contributed by atoms with van der Waals surface area (Å²) < 4.78 is 0. The van der Waals surface area contributed by atoms with Gasteiger partial charge in [0.2, 0.25) is 11.8 Å². The molecule has 0 aliphatic carbocycles. The Bertz CT molecular complexity index is 829. The van der Waals surface area contributed by atoms with Gasteiger partial charge in [-0.05, 0) is 37.2 Å². The van der Waals surface area contributed by atoms with E-state index in [2.05, 4.69) is 27.6 Å². The lowest BCUT2D eigenvalue weighted by Crippen LogP contribution is -2.56. The van der Waals surface area contributed by atoms with Crippen LogP contribution in [0.25, 0.3) is 0 Å². The number of hydrogen-bond acceptors (Lipinski definition) is 5. The zero-order valence-corrected chi connectivity index (χ0v) is 15.9. The van der Waals surface area contributed by atoms with Crippen molar-refractivity contribution in [3.63, 3.8) is 0 Å². The van der Waals surface area contributed by atoms with E-state index in [-0.39, 0.29) is 29.7 Å². The van der Waals surface area contributed by atoms with Gasteiger partial charge in [0.1, 0.15) is 0 Å². The lowest BCUT2D eigenvalue weighted by atomic mass is 9.84. The first-order valence-corrected chi connectivity index (χ1v) is 9.76. The van der Waals surface area contributed by atoms with Gasteiger partial charge in [-0.25, -0.2) is 10.4 Å². The van der Waals surface area contributed by atoms with Gasteiger partial charge in [0.25, 0.3) is 0 Å². The number of amides is 2. The van der Waals surface area contributed by atoms with Gasteiger partial charge in [0, 0.05) is 31.2 Å². The molecule has 1 aromatic heterocycles. The Labute approximate surface area is 164 Å². The number of pyridine rings is 1. The third-order valence-corrected chi connectivity index (χ3v) is 5.43. The molecule has 2 amide bonds. The van der Waals surface area contributed by atoms with Crippen molar-refractivity contribution < 1.29 is 9.59 Å². The molecule has 7 heteroatoms. The summed E-state index contributed by atoms with van der Waals surface area (Å²) in [6, 6.07) is 12.9. The maximum Gasteiger partial charge on any atom is 0.247 e. The van der Waals surface area contributed by atoms with Gasteiger partial charge in [-0.2, -0.15) is 0 Å². The van der Waals surface area contributed by atoms with Crippen molar-refractivity contribution >= 4 is 23.2 Å². The molecule has 28 heavy (non-hydrogen) atoms. The molecule has 2 aliphatic heterocycles. The van der Waals surface area contributed by atoms with Crippen molar-refractivity contribution in [3.05, 3.63) is 54.9 Å². The van der Waals surface area contributed by atoms with Crippen LogP contribution in [0, 0.1) is 11.8 Å². The second kappa shape index (κ2) is 8.08. The lowest BCUT2D eigenvalue weighted by molar-refractivity contribution is -0.126. The van der Waals surface area contributed by atoms with E-state index >= 15 is 0 Å². The second-order valence-electron chi connectivity index (χ2n) is 7.36. The summed E-state index contributed by atoms with van der Waals surface area (Å²) in [7, 11) is 0. The Balaban J connectivity index is 1.58. The van der Waals surface area contributed by atoms with E-state index in [1.807, 2.05) is 30.3 Å². The smallest absolute Gasteiger partial charge is 0.247 e. The van der Waals surface area contributed by atoms with Crippen molar-refractivity contribution in [3.8, 4) is 0 Å². The summed E-state index contributed by atoms with van der Waals surface area (Å²) in [5.41, 5.74) is 4.84. The van der Waals surface area contributed by atoms with Gasteiger partial charge < -0.3 is 10.2 Å². The molecule has 2 fully saturated rings. The molecule has 2 aromatic rings. The molecule has 0 spiro atoms. The van der Waals surface area contributed by atoms with Crippen LogP contribution in [0.15, 0.2) is 54.9 Å². The molecule has 0 radical (unpaired) electrons. The fourth-order valence-corrected chi connectivity index (χ4v) is 4.12. The third-order valence-electron chi connectivity index (χ3n) is 5.43. The Morgan fingerprint density at radius 2 is 1.93 bits per heavy atom. The van der Waals surface area contributed by atoms with Gasteiger partial charge in [0.05, 0.1) is 23.6 Å². The average molecular weight is 379 g/mol. The summed E-state index contributed by atoms with van der Waals surface area (Å²) in [6.07, 6.45) is 4.29. The molecule has 3 atom stereocenters. The molecular weight excluding hydrogens is 354 g/mol. The first kappa shape index (κ1) is 18.6. The molecule has 3 heterocycles. The Hall–Kier alpha value is -2.77. The van der Waals surface area contributed by atoms with Crippen molar-refractivity contribution in [1.82, 2.24) is 15.3 Å². The van der Waals surface area contributed by atoms with Gasteiger partial charge in [-0.1, -0.05) is 25.1 Å². The van der Waals surface area contributed by atoms with Crippen LogP contribution in [0.5, 0.6) is 0 Å². The highest BCUT2D eigenvalue weighted by atomic mass is 16.2. The Morgan fingerprint density at radius 3 is 2.64 bits per heavy atom. The van der Waals surface area contributed by atoms with Crippen LogP contribution in [0.4, 0.5) is 11.4 Å². The second-order valence-corrected chi connectivity index (χ2v) is 7.36. The maximum atomic E-state index is 13.1. The third kappa shape index (κ3) is 3.63. The summed E-state index contributed by atoms with van der Waals surface area (Å²) in [5.74, 6) is -0.610. The lowest BCUT2D eigenvalue weighted by Gasteiger charge is -2.38. The van der Waals surface area contributed by atoms with Crippen molar-refractivity contribution in [2.75, 3.05) is 30.0 Å². The van der Waals surface area contributed by atoms with Crippen molar-refractivity contribution in [2.45, 2.75) is 19.4 Å². The normalized spacial score (nSPS) is 24.8. The van der Waals surface area contributed by atoms with Crippen LogP contribution in [0.2, 0.25) is 0 Å². The van der Waals surface area contributed by atoms with E-state index in [4.69, 9.17) is 0 Å². The number of carbonyl (C=O) groups excluding carboxylic acids is 2. The van der Waals surface area contributed by atoms with Crippen LogP contribution in [-0.4, -0.2) is 47.4 Å². The largest absolute Gasteiger partial charge is 0.326 e. The Kier molecular flexibility index (Phi) is 5.36. The molecule has 2 N–H and O–H groups in total. The number of nitrogens with zero attached hydrogens (tertiary/aromatic N) is 3. The molecule has 2 saturated heterocycles. The highest BCUT2D eigenvalue weighted by Crippen LogP contribution is 2.32.